The SMILES string of the molecule is Cc1cc(N2CCCC2)ccc1NC(=O)CSc1nnc(N2CCOCC2)n1CC1CCCO1. The van der Waals surface area contributed by atoms with E-state index < -0.39 is 0 Å². The molecule has 5 rings (SSSR count). The summed E-state index contributed by atoms with van der Waals surface area (Å²) in [5.41, 5.74) is 3.18. The molecule has 0 bridgehead atoms. The van der Waals surface area contributed by atoms with Gasteiger partial charge in [0.2, 0.25) is 11.9 Å². The highest BCUT2D eigenvalue weighted by Gasteiger charge is 2.25. The average Bonchev–Trinajstić information content (AvgIpc) is 3.63. The van der Waals surface area contributed by atoms with E-state index in [1.165, 1.54) is 30.3 Å². The van der Waals surface area contributed by atoms with Crippen LogP contribution in [0.25, 0.3) is 0 Å². The van der Waals surface area contributed by atoms with Crippen molar-refractivity contribution in [3.8, 4) is 0 Å². The first-order valence-corrected chi connectivity index (χ1v) is 13.3. The molecule has 3 aliphatic rings. The van der Waals surface area contributed by atoms with Crippen LogP contribution in [-0.4, -0.2) is 78.5 Å². The number of amides is 1. The van der Waals surface area contributed by atoms with Crippen molar-refractivity contribution < 1.29 is 14.3 Å². The summed E-state index contributed by atoms with van der Waals surface area (Å²) < 4.78 is 13.5. The number of hydrogen-bond donors (Lipinski definition) is 1. The van der Waals surface area contributed by atoms with Crippen molar-refractivity contribution in [1.29, 1.82) is 0 Å². The zero-order valence-electron chi connectivity index (χ0n) is 19.9. The van der Waals surface area contributed by atoms with E-state index in [9.17, 15) is 4.79 Å². The van der Waals surface area contributed by atoms with E-state index in [4.69, 9.17) is 9.47 Å². The summed E-state index contributed by atoms with van der Waals surface area (Å²) in [6.07, 6.45) is 4.79. The van der Waals surface area contributed by atoms with Gasteiger partial charge in [0.15, 0.2) is 5.16 Å². The molecule has 0 radical (unpaired) electrons. The predicted molar refractivity (Wildman–Crippen MR) is 134 cm³/mol. The fourth-order valence-corrected chi connectivity index (χ4v) is 5.56. The molecule has 4 heterocycles. The maximum absolute atomic E-state index is 12.8. The van der Waals surface area contributed by atoms with Crippen LogP contribution in [0.3, 0.4) is 0 Å². The van der Waals surface area contributed by atoms with Crippen LogP contribution >= 0.6 is 11.8 Å². The number of nitrogens with one attached hydrogen (secondary N) is 1. The van der Waals surface area contributed by atoms with Gasteiger partial charge in [-0.3, -0.25) is 9.36 Å². The number of aryl methyl sites for hydroxylation is 1. The molecular weight excluding hydrogens is 452 g/mol. The molecule has 3 saturated heterocycles. The normalized spacial score (nSPS) is 20.8. The molecule has 1 aromatic carbocycles. The Hall–Kier alpha value is -2.30. The summed E-state index contributed by atoms with van der Waals surface area (Å²) in [6.45, 7) is 8.75. The van der Waals surface area contributed by atoms with Gasteiger partial charge in [-0.15, -0.1) is 10.2 Å². The molecule has 3 aliphatic heterocycles. The van der Waals surface area contributed by atoms with Gasteiger partial charge in [0, 0.05) is 44.2 Å². The number of benzene rings is 1. The van der Waals surface area contributed by atoms with Crippen molar-refractivity contribution in [2.45, 2.75) is 50.4 Å². The molecule has 9 nitrogen and oxygen atoms in total. The quantitative estimate of drug-likeness (QED) is 0.570. The van der Waals surface area contributed by atoms with E-state index in [0.717, 1.165) is 68.0 Å². The van der Waals surface area contributed by atoms with Crippen LogP contribution in [0, 0.1) is 6.92 Å². The second-order valence-electron chi connectivity index (χ2n) is 9.16. The minimum absolute atomic E-state index is 0.0402. The van der Waals surface area contributed by atoms with E-state index in [-0.39, 0.29) is 17.8 Å². The number of rotatable bonds is 8. The number of morpholine rings is 1. The van der Waals surface area contributed by atoms with Gasteiger partial charge < -0.3 is 24.6 Å². The van der Waals surface area contributed by atoms with Crippen molar-refractivity contribution in [3.63, 3.8) is 0 Å². The molecule has 1 unspecified atom stereocenters. The van der Waals surface area contributed by atoms with Crippen molar-refractivity contribution in [2.24, 2.45) is 0 Å². The fraction of sp³-hybridized carbons (Fsp3) is 0.625. The van der Waals surface area contributed by atoms with Crippen molar-refractivity contribution in [1.82, 2.24) is 14.8 Å². The Bertz CT molecular complexity index is 981. The lowest BCUT2D eigenvalue weighted by Gasteiger charge is -2.28. The molecule has 0 aliphatic carbocycles. The van der Waals surface area contributed by atoms with Gasteiger partial charge in [0.1, 0.15) is 0 Å². The minimum Gasteiger partial charge on any atom is -0.378 e. The van der Waals surface area contributed by atoms with Gasteiger partial charge in [0.05, 0.1) is 31.6 Å². The minimum atomic E-state index is -0.0402. The second kappa shape index (κ2) is 11.0. The summed E-state index contributed by atoms with van der Waals surface area (Å²) in [6, 6.07) is 6.29. The van der Waals surface area contributed by atoms with Crippen LogP contribution in [-0.2, 0) is 20.8 Å². The topological polar surface area (TPSA) is 84.8 Å². The van der Waals surface area contributed by atoms with E-state index in [2.05, 4.69) is 48.9 Å². The van der Waals surface area contributed by atoms with Gasteiger partial charge in [-0.1, -0.05) is 11.8 Å². The lowest BCUT2D eigenvalue weighted by Crippen LogP contribution is -2.38. The molecule has 34 heavy (non-hydrogen) atoms. The van der Waals surface area contributed by atoms with Crippen LogP contribution in [0.15, 0.2) is 23.4 Å². The number of thioether (sulfide) groups is 1. The molecule has 10 heteroatoms. The molecule has 1 aromatic heterocycles. The molecule has 0 saturated carbocycles. The van der Waals surface area contributed by atoms with E-state index in [0.29, 0.717) is 19.8 Å². The third-order valence-corrected chi connectivity index (χ3v) is 7.66. The Balaban J connectivity index is 1.23. The van der Waals surface area contributed by atoms with Gasteiger partial charge >= 0.3 is 0 Å². The van der Waals surface area contributed by atoms with Crippen LogP contribution in [0.1, 0.15) is 31.2 Å². The van der Waals surface area contributed by atoms with Crippen LogP contribution in [0.4, 0.5) is 17.3 Å². The second-order valence-corrected chi connectivity index (χ2v) is 10.1. The first-order chi connectivity index (χ1) is 16.7. The van der Waals surface area contributed by atoms with Crippen LogP contribution < -0.4 is 15.1 Å². The predicted octanol–water partition coefficient (Wildman–Crippen LogP) is 2.93. The standard InChI is InChI=1S/C24H34N6O3S/c1-18-15-19(28-8-2-3-9-28)6-7-21(18)25-22(31)17-34-24-27-26-23(29-10-13-32-14-11-29)30(24)16-20-5-4-12-33-20/h6-7,15,20H,2-5,8-14,16-17H2,1H3,(H,25,31). The smallest absolute Gasteiger partial charge is 0.234 e. The summed E-state index contributed by atoms with van der Waals surface area (Å²) in [5.74, 6) is 1.08. The van der Waals surface area contributed by atoms with Crippen molar-refractivity contribution in [3.05, 3.63) is 23.8 Å². The molecule has 3 fully saturated rings. The van der Waals surface area contributed by atoms with Gasteiger partial charge in [-0.2, -0.15) is 0 Å². The Kier molecular flexibility index (Phi) is 7.56. The number of ether oxygens (including phenoxy) is 2. The zero-order valence-corrected chi connectivity index (χ0v) is 20.7. The number of nitrogens with zero attached hydrogens (tertiary/aromatic N) is 5. The van der Waals surface area contributed by atoms with E-state index in [1.54, 1.807) is 0 Å². The average molecular weight is 487 g/mol. The molecule has 184 valence electrons. The molecule has 2 aromatic rings. The third-order valence-electron chi connectivity index (χ3n) is 6.69. The number of aromatic nitrogens is 3. The van der Waals surface area contributed by atoms with Gasteiger partial charge in [-0.05, 0) is 56.4 Å². The summed E-state index contributed by atoms with van der Waals surface area (Å²) in [7, 11) is 0. The fourth-order valence-electron chi connectivity index (χ4n) is 4.81. The summed E-state index contributed by atoms with van der Waals surface area (Å²) in [4.78, 5) is 17.4. The molecule has 1 amide bonds. The first kappa shape index (κ1) is 23.4. The highest BCUT2D eigenvalue weighted by Crippen LogP contribution is 2.28. The number of hydrogen-bond acceptors (Lipinski definition) is 8. The molecule has 1 N–H and O–H groups in total. The summed E-state index contributed by atoms with van der Waals surface area (Å²) >= 11 is 1.43. The Morgan fingerprint density at radius 1 is 1.09 bits per heavy atom. The van der Waals surface area contributed by atoms with E-state index >= 15 is 0 Å². The zero-order chi connectivity index (χ0) is 23.3. The van der Waals surface area contributed by atoms with E-state index in [1.807, 2.05) is 6.07 Å². The lowest BCUT2D eigenvalue weighted by atomic mass is 10.1. The lowest BCUT2D eigenvalue weighted by molar-refractivity contribution is -0.113. The highest BCUT2D eigenvalue weighted by atomic mass is 32.2. The molecular formula is C24H34N6O3S. The third kappa shape index (κ3) is 5.50. The largest absolute Gasteiger partial charge is 0.378 e. The Morgan fingerprint density at radius 3 is 2.65 bits per heavy atom. The highest BCUT2D eigenvalue weighted by molar-refractivity contribution is 7.99. The number of anilines is 3. The maximum Gasteiger partial charge on any atom is 0.234 e. The monoisotopic (exact) mass is 486 g/mol. The first-order valence-electron chi connectivity index (χ1n) is 12.3. The Labute approximate surface area is 205 Å². The van der Waals surface area contributed by atoms with Crippen molar-refractivity contribution >= 4 is 35.0 Å². The maximum atomic E-state index is 12.8. The molecule has 1 atom stereocenters. The number of carbonyl (C=O) groups excluding carboxylic acids is 1. The van der Waals surface area contributed by atoms with Gasteiger partial charge in [0.25, 0.3) is 0 Å². The van der Waals surface area contributed by atoms with Crippen LogP contribution in [0.2, 0.25) is 0 Å². The van der Waals surface area contributed by atoms with Crippen LogP contribution in [0.5, 0.6) is 0 Å². The summed E-state index contributed by atoms with van der Waals surface area (Å²) in [5, 5.41) is 12.7. The molecule has 0 spiro atoms. The van der Waals surface area contributed by atoms with Crippen molar-refractivity contribution in [2.75, 3.05) is 66.9 Å². The Morgan fingerprint density at radius 2 is 1.91 bits per heavy atom. The number of carbonyl (C=O) groups is 1. The van der Waals surface area contributed by atoms with Gasteiger partial charge in [-0.25, -0.2) is 0 Å².